The van der Waals surface area contributed by atoms with Crippen molar-refractivity contribution in [3.63, 3.8) is 0 Å². The Kier molecular flexibility index (Phi) is 6.66. The van der Waals surface area contributed by atoms with E-state index in [0.29, 0.717) is 37.4 Å². The predicted molar refractivity (Wildman–Crippen MR) is 126 cm³/mol. The summed E-state index contributed by atoms with van der Waals surface area (Å²) in [5.41, 5.74) is 1.38. The van der Waals surface area contributed by atoms with Crippen LogP contribution in [0.5, 0.6) is 11.5 Å². The second-order valence-corrected chi connectivity index (χ2v) is 9.98. The third-order valence-electron chi connectivity index (χ3n) is 6.99. The van der Waals surface area contributed by atoms with Crippen molar-refractivity contribution in [2.24, 2.45) is 0 Å². The zero-order chi connectivity index (χ0) is 23.7. The average molecular weight is 488 g/mol. The summed E-state index contributed by atoms with van der Waals surface area (Å²) in [6, 6.07) is 7.41. The normalized spacial score (nSPS) is 22.4. The number of hydrogen-bond acceptors (Lipinski definition) is 7. The fourth-order valence-electron chi connectivity index (χ4n) is 5.13. The fourth-order valence-corrected chi connectivity index (χ4v) is 5.32. The monoisotopic (exact) mass is 487 g/mol. The number of likely N-dealkylation sites (tertiary alicyclic amines) is 2. The molecule has 3 aliphatic rings. The van der Waals surface area contributed by atoms with E-state index in [1.54, 1.807) is 17.2 Å². The summed E-state index contributed by atoms with van der Waals surface area (Å²) >= 11 is 6.13. The molecule has 2 fully saturated rings. The van der Waals surface area contributed by atoms with Gasteiger partial charge in [-0.25, -0.2) is 0 Å². The van der Waals surface area contributed by atoms with Crippen molar-refractivity contribution in [3.05, 3.63) is 52.8 Å². The molecule has 2 atom stereocenters. The Morgan fingerprint density at radius 1 is 1.29 bits per heavy atom. The summed E-state index contributed by atoms with van der Waals surface area (Å²) in [5.74, 6) is 1.08. The van der Waals surface area contributed by atoms with Crippen LogP contribution in [0.1, 0.15) is 35.2 Å². The third-order valence-corrected chi connectivity index (χ3v) is 7.23. The SMILES string of the molecule is O=C(c1ccncc1OC[C@@H](O)CN1CCC2(CC1)Cc1cc(Cl)ccc1O2)N1CCC(O)C1. The van der Waals surface area contributed by atoms with E-state index in [2.05, 4.69) is 9.88 Å². The van der Waals surface area contributed by atoms with Crippen LogP contribution in [-0.4, -0.2) is 88.0 Å². The summed E-state index contributed by atoms with van der Waals surface area (Å²) in [6.07, 6.45) is 5.07. The highest BCUT2D eigenvalue weighted by Crippen LogP contribution is 2.41. The Morgan fingerprint density at radius 2 is 2.12 bits per heavy atom. The van der Waals surface area contributed by atoms with E-state index in [4.69, 9.17) is 21.1 Å². The molecule has 1 aromatic heterocycles. The van der Waals surface area contributed by atoms with Gasteiger partial charge in [0.05, 0.1) is 17.9 Å². The molecular weight excluding hydrogens is 458 g/mol. The van der Waals surface area contributed by atoms with Crippen molar-refractivity contribution in [1.82, 2.24) is 14.8 Å². The highest BCUT2D eigenvalue weighted by atomic mass is 35.5. The number of aliphatic hydroxyl groups excluding tert-OH is 2. The lowest BCUT2D eigenvalue weighted by Gasteiger charge is -2.39. The lowest BCUT2D eigenvalue weighted by molar-refractivity contribution is -0.00204. The molecule has 0 saturated carbocycles. The van der Waals surface area contributed by atoms with Gasteiger partial charge in [0.2, 0.25) is 0 Å². The zero-order valence-corrected chi connectivity index (χ0v) is 19.8. The van der Waals surface area contributed by atoms with E-state index in [0.717, 1.165) is 43.1 Å². The van der Waals surface area contributed by atoms with Gasteiger partial charge in [-0.2, -0.15) is 0 Å². The van der Waals surface area contributed by atoms with E-state index < -0.39 is 12.2 Å². The highest BCUT2D eigenvalue weighted by Gasteiger charge is 2.42. The largest absolute Gasteiger partial charge is 0.488 e. The van der Waals surface area contributed by atoms with Crippen LogP contribution in [0.3, 0.4) is 0 Å². The van der Waals surface area contributed by atoms with Gasteiger partial charge in [0.15, 0.2) is 0 Å². The summed E-state index contributed by atoms with van der Waals surface area (Å²) in [4.78, 5) is 20.7. The Morgan fingerprint density at radius 3 is 2.88 bits per heavy atom. The van der Waals surface area contributed by atoms with Crippen molar-refractivity contribution in [3.8, 4) is 11.5 Å². The molecule has 1 aromatic carbocycles. The first-order valence-electron chi connectivity index (χ1n) is 11.8. The van der Waals surface area contributed by atoms with Crippen LogP contribution in [0.2, 0.25) is 5.02 Å². The molecule has 0 aliphatic carbocycles. The van der Waals surface area contributed by atoms with E-state index >= 15 is 0 Å². The van der Waals surface area contributed by atoms with Crippen molar-refractivity contribution in [1.29, 1.82) is 0 Å². The van der Waals surface area contributed by atoms with Gasteiger partial charge in [-0.3, -0.25) is 9.78 Å². The van der Waals surface area contributed by atoms with Crippen LogP contribution < -0.4 is 9.47 Å². The number of rotatable bonds is 6. The predicted octanol–water partition coefficient (Wildman–Crippen LogP) is 2.15. The number of aliphatic hydroxyl groups is 2. The van der Waals surface area contributed by atoms with Crippen molar-refractivity contribution in [2.75, 3.05) is 39.3 Å². The van der Waals surface area contributed by atoms with Gasteiger partial charge in [0, 0.05) is 63.2 Å². The summed E-state index contributed by atoms with van der Waals surface area (Å²) < 4.78 is 12.1. The van der Waals surface area contributed by atoms with Gasteiger partial charge in [0.25, 0.3) is 5.91 Å². The minimum Gasteiger partial charge on any atom is -0.488 e. The molecule has 3 aliphatic heterocycles. The number of carbonyl (C=O) groups excluding carboxylic acids is 1. The summed E-state index contributed by atoms with van der Waals surface area (Å²) in [5, 5.41) is 21.1. The van der Waals surface area contributed by atoms with Crippen molar-refractivity contribution >= 4 is 17.5 Å². The first kappa shape index (κ1) is 23.4. The first-order chi connectivity index (χ1) is 16.4. The summed E-state index contributed by atoms with van der Waals surface area (Å²) in [6.45, 7) is 3.04. The average Bonchev–Trinajstić information content (AvgIpc) is 3.42. The highest BCUT2D eigenvalue weighted by molar-refractivity contribution is 6.30. The molecule has 8 nitrogen and oxygen atoms in total. The van der Waals surface area contributed by atoms with Crippen LogP contribution in [0.4, 0.5) is 0 Å². The number of carbonyl (C=O) groups is 1. The van der Waals surface area contributed by atoms with E-state index in [1.165, 1.54) is 11.8 Å². The quantitative estimate of drug-likeness (QED) is 0.644. The number of hydrogen-bond donors (Lipinski definition) is 2. The van der Waals surface area contributed by atoms with Crippen LogP contribution >= 0.6 is 11.6 Å². The first-order valence-corrected chi connectivity index (χ1v) is 12.2. The number of ether oxygens (including phenoxy) is 2. The molecular formula is C25H30ClN3O5. The minimum atomic E-state index is -0.702. The molecule has 182 valence electrons. The zero-order valence-electron chi connectivity index (χ0n) is 19.0. The number of benzene rings is 1. The summed E-state index contributed by atoms with van der Waals surface area (Å²) in [7, 11) is 0. The molecule has 4 heterocycles. The maximum Gasteiger partial charge on any atom is 0.257 e. The van der Waals surface area contributed by atoms with E-state index in [1.807, 2.05) is 18.2 Å². The number of amides is 1. The molecule has 34 heavy (non-hydrogen) atoms. The lowest BCUT2D eigenvalue weighted by atomic mass is 9.87. The Hall–Kier alpha value is -2.39. The Balaban J connectivity index is 1.11. The number of fused-ring (bicyclic) bond motifs is 1. The number of nitrogens with zero attached hydrogens (tertiary/aromatic N) is 3. The van der Waals surface area contributed by atoms with Crippen LogP contribution in [0, 0.1) is 0 Å². The maximum atomic E-state index is 12.8. The molecule has 9 heteroatoms. The van der Waals surface area contributed by atoms with E-state index in [9.17, 15) is 15.0 Å². The molecule has 0 bridgehead atoms. The smallest absolute Gasteiger partial charge is 0.257 e. The van der Waals surface area contributed by atoms with E-state index in [-0.39, 0.29) is 18.1 Å². The molecule has 1 unspecified atom stereocenters. The molecule has 2 N–H and O–H groups in total. The van der Waals surface area contributed by atoms with Crippen LogP contribution in [0.15, 0.2) is 36.7 Å². The number of piperidine rings is 1. The van der Waals surface area contributed by atoms with Gasteiger partial charge in [-0.15, -0.1) is 0 Å². The van der Waals surface area contributed by atoms with Crippen LogP contribution in [-0.2, 0) is 6.42 Å². The van der Waals surface area contributed by atoms with Gasteiger partial charge < -0.3 is 29.5 Å². The standard InChI is InChI=1S/C25H30ClN3O5/c26-18-1-2-22-17(11-18)12-25(34-22)5-9-28(10-6-25)14-20(31)16-33-23-13-27-7-3-21(23)24(32)29-8-4-19(30)15-29/h1-3,7,11,13,19-20,30-31H,4-6,8-10,12,14-16H2/t19?,20-/m0/s1. The number of β-amino-alcohol motifs (C(OH)–C–C–N with tert-alkyl or cyclic N) is 2. The molecule has 2 aromatic rings. The second kappa shape index (κ2) is 9.70. The number of pyridine rings is 1. The topological polar surface area (TPSA) is 95.4 Å². The second-order valence-electron chi connectivity index (χ2n) is 9.54. The molecule has 2 saturated heterocycles. The molecule has 0 radical (unpaired) electrons. The number of halogens is 1. The van der Waals surface area contributed by atoms with Crippen LogP contribution in [0.25, 0.3) is 0 Å². The maximum absolute atomic E-state index is 12.8. The molecule has 1 spiro atoms. The lowest BCUT2D eigenvalue weighted by Crippen LogP contribution is -2.49. The minimum absolute atomic E-state index is 0.0662. The van der Waals surface area contributed by atoms with Gasteiger partial charge >= 0.3 is 0 Å². The van der Waals surface area contributed by atoms with Crippen molar-refractivity contribution in [2.45, 2.75) is 43.5 Å². The van der Waals surface area contributed by atoms with Gasteiger partial charge in [-0.05, 0) is 36.2 Å². The number of aromatic nitrogens is 1. The van der Waals surface area contributed by atoms with Gasteiger partial charge in [-0.1, -0.05) is 11.6 Å². The fraction of sp³-hybridized carbons (Fsp3) is 0.520. The Bertz CT molecular complexity index is 1040. The van der Waals surface area contributed by atoms with Gasteiger partial charge in [0.1, 0.15) is 29.8 Å². The molecule has 5 rings (SSSR count). The van der Waals surface area contributed by atoms with Crippen molar-refractivity contribution < 1.29 is 24.5 Å². The molecule has 1 amide bonds. The Labute approximate surface area is 204 Å². The third kappa shape index (κ3) is 5.00.